The Balaban J connectivity index is 2.11. The average Bonchev–Trinajstić information content (AvgIpc) is 3.31. The zero-order chi connectivity index (χ0) is 30.4. The van der Waals surface area contributed by atoms with Gasteiger partial charge in [-0.15, -0.1) is 0 Å². The molecule has 1 aliphatic heterocycles. The van der Waals surface area contributed by atoms with Crippen molar-refractivity contribution in [1.82, 2.24) is 4.98 Å². The molecule has 0 saturated carbocycles. The number of hydrogen-bond acceptors (Lipinski definition) is 7. The Morgan fingerprint density at radius 1 is 0.762 bits per heavy atom. The van der Waals surface area contributed by atoms with Crippen LogP contribution in [0.4, 0.5) is 11.4 Å². The molecule has 0 aliphatic carbocycles. The number of hydrogen-bond donors (Lipinski definition) is 2. The number of esters is 1. The van der Waals surface area contributed by atoms with E-state index >= 15 is 0 Å². The van der Waals surface area contributed by atoms with Crippen molar-refractivity contribution in [2.24, 2.45) is 0 Å². The van der Waals surface area contributed by atoms with Crippen LogP contribution in [0.2, 0.25) is 0 Å². The molecule has 2 unspecified atom stereocenters. The number of carbonyl (C=O) groups excluding carboxylic acids is 1. The number of aromatic nitrogens is 1. The monoisotopic (exact) mass is 573 g/mol. The fraction of sp³-hybridized carbons (Fsp3) is 0.486. The second-order valence-corrected chi connectivity index (χ2v) is 11.0. The number of pyridine rings is 1. The van der Waals surface area contributed by atoms with Crippen molar-refractivity contribution in [3.05, 3.63) is 88.2 Å². The summed E-state index contributed by atoms with van der Waals surface area (Å²) in [6.45, 7) is 15.8. The highest BCUT2D eigenvalue weighted by Gasteiger charge is 2.53. The Kier molecular flexibility index (Phi) is 10.3. The van der Waals surface area contributed by atoms with E-state index in [2.05, 4.69) is 37.5 Å². The van der Waals surface area contributed by atoms with Crippen molar-refractivity contribution >= 4 is 17.3 Å². The quantitative estimate of drug-likeness (QED) is 0.203. The Morgan fingerprint density at radius 2 is 1.24 bits per heavy atom. The third-order valence-corrected chi connectivity index (χ3v) is 8.54. The van der Waals surface area contributed by atoms with E-state index in [4.69, 9.17) is 9.72 Å². The molecule has 0 radical (unpaired) electrons. The summed E-state index contributed by atoms with van der Waals surface area (Å²) in [4.78, 5) is 22.8. The van der Waals surface area contributed by atoms with Crippen LogP contribution in [0.15, 0.2) is 54.7 Å². The molecule has 0 amide bonds. The van der Waals surface area contributed by atoms with Crippen LogP contribution in [-0.4, -0.2) is 47.3 Å². The van der Waals surface area contributed by atoms with E-state index in [0.717, 1.165) is 50.4 Å². The van der Waals surface area contributed by atoms with Crippen LogP contribution in [0.5, 0.6) is 0 Å². The fourth-order valence-corrected chi connectivity index (χ4v) is 6.32. The van der Waals surface area contributed by atoms with Gasteiger partial charge in [-0.25, -0.2) is 4.79 Å². The topological polar surface area (TPSA) is 86.1 Å². The summed E-state index contributed by atoms with van der Waals surface area (Å²) >= 11 is 0. The molecule has 7 nitrogen and oxygen atoms in total. The van der Waals surface area contributed by atoms with Crippen molar-refractivity contribution in [3.63, 3.8) is 0 Å². The van der Waals surface area contributed by atoms with Crippen LogP contribution >= 0.6 is 0 Å². The molecule has 0 saturated heterocycles. The maximum atomic E-state index is 13.6. The van der Waals surface area contributed by atoms with Crippen molar-refractivity contribution in [2.45, 2.75) is 85.0 Å². The highest BCUT2D eigenvalue weighted by molar-refractivity contribution is 5.96. The first-order valence-electron chi connectivity index (χ1n) is 15.6. The third kappa shape index (κ3) is 5.64. The van der Waals surface area contributed by atoms with Gasteiger partial charge in [-0.1, -0.05) is 38.8 Å². The molecule has 4 rings (SSSR count). The fourth-order valence-electron chi connectivity index (χ4n) is 6.32. The van der Waals surface area contributed by atoms with Gasteiger partial charge < -0.3 is 24.7 Å². The molecular weight excluding hydrogens is 526 g/mol. The van der Waals surface area contributed by atoms with E-state index in [9.17, 15) is 15.0 Å². The minimum Gasteiger partial charge on any atom is -0.439 e. The largest absolute Gasteiger partial charge is 0.439 e. The molecule has 0 spiro atoms. The lowest BCUT2D eigenvalue weighted by molar-refractivity contribution is 0.0219. The number of rotatable bonds is 14. The second-order valence-electron chi connectivity index (χ2n) is 11.0. The van der Waals surface area contributed by atoms with E-state index in [1.54, 1.807) is 18.3 Å². The maximum absolute atomic E-state index is 13.6. The van der Waals surface area contributed by atoms with Gasteiger partial charge in [0, 0.05) is 54.9 Å². The number of fused-ring (bicyclic) bond motifs is 1. The Morgan fingerprint density at radius 3 is 1.67 bits per heavy atom. The smallest absolute Gasteiger partial charge is 0.341 e. The summed E-state index contributed by atoms with van der Waals surface area (Å²) in [7, 11) is 0. The second kappa shape index (κ2) is 13.7. The SMILES string of the molecule is CCCC(O)c1cc(N(CC)CC)ccc1C1(c2ccc(N(CC)CC)cc2C(O)CCC)OC(=O)c2cccnc21. The van der Waals surface area contributed by atoms with Crippen molar-refractivity contribution in [2.75, 3.05) is 36.0 Å². The number of anilines is 2. The predicted molar refractivity (Wildman–Crippen MR) is 169 cm³/mol. The maximum Gasteiger partial charge on any atom is 0.341 e. The van der Waals surface area contributed by atoms with Crippen LogP contribution in [0.1, 0.15) is 118 Å². The van der Waals surface area contributed by atoms with E-state index in [1.165, 1.54) is 0 Å². The van der Waals surface area contributed by atoms with Gasteiger partial charge in [0.05, 0.1) is 17.8 Å². The van der Waals surface area contributed by atoms with Crippen LogP contribution in [0, 0.1) is 0 Å². The zero-order valence-electron chi connectivity index (χ0n) is 26.1. The summed E-state index contributed by atoms with van der Waals surface area (Å²) in [5, 5.41) is 23.2. The van der Waals surface area contributed by atoms with Crippen molar-refractivity contribution < 1.29 is 19.7 Å². The highest BCUT2D eigenvalue weighted by Crippen LogP contribution is 2.51. The lowest BCUT2D eigenvalue weighted by Crippen LogP contribution is -2.34. The molecule has 42 heavy (non-hydrogen) atoms. The van der Waals surface area contributed by atoms with Gasteiger partial charge in [0.25, 0.3) is 0 Å². The Hall–Kier alpha value is -3.42. The van der Waals surface area contributed by atoms with Gasteiger partial charge in [-0.2, -0.15) is 0 Å². The molecule has 2 atom stereocenters. The summed E-state index contributed by atoms with van der Waals surface area (Å²) in [5.74, 6) is -0.467. The first-order valence-corrected chi connectivity index (χ1v) is 15.6. The molecule has 2 heterocycles. The molecule has 1 aromatic heterocycles. The summed E-state index contributed by atoms with van der Waals surface area (Å²) in [6, 6.07) is 15.6. The zero-order valence-corrected chi connectivity index (χ0v) is 26.1. The number of benzene rings is 2. The minimum atomic E-state index is -1.44. The lowest BCUT2D eigenvalue weighted by Gasteiger charge is -2.36. The molecule has 0 bridgehead atoms. The number of aliphatic hydroxyl groups is 2. The molecular formula is C35H47N3O4. The first-order chi connectivity index (χ1) is 20.3. The average molecular weight is 574 g/mol. The van der Waals surface area contributed by atoms with Gasteiger partial charge >= 0.3 is 5.97 Å². The summed E-state index contributed by atoms with van der Waals surface area (Å²) in [6.07, 6.45) is 2.81. The van der Waals surface area contributed by atoms with E-state index in [-0.39, 0.29) is 0 Å². The molecule has 1 aliphatic rings. The van der Waals surface area contributed by atoms with Crippen LogP contribution in [0.25, 0.3) is 0 Å². The minimum absolute atomic E-state index is 0.394. The third-order valence-electron chi connectivity index (χ3n) is 8.54. The predicted octanol–water partition coefficient (Wildman–Crippen LogP) is 6.90. The standard InChI is InChI=1S/C35H47N3O4/c1-7-14-31(39)27-22-24(37(9-3)10-4)17-19-29(27)35(33-26(34(41)42-35)16-13-21-36-33)30-20-18-25(38(11-5)12-6)23-28(30)32(40)15-8-2/h13,16-23,31-32,39-40H,7-12,14-15H2,1-6H3. The lowest BCUT2D eigenvalue weighted by atomic mass is 9.76. The molecule has 2 N–H and O–H groups in total. The highest BCUT2D eigenvalue weighted by atomic mass is 16.6. The van der Waals surface area contributed by atoms with Gasteiger partial charge in [-0.3, -0.25) is 4.98 Å². The summed E-state index contributed by atoms with van der Waals surface area (Å²) < 4.78 is 6.48. The van der Waals surface area contributed by atoms with Crippen molar-refractivity contribution in [1.29, 1.82) is 0 Å². The van der Waals surface area contributed by atoms with Crippen LogP contribution in [0.3, 0.4) is 0 Å². The number of carbonyl (C=O) groups is 1. The van der Waals surface area contributed by atoms with Gasteiger partial charge in [0.15, 0.2) is 0 Å². The number of cyclic esters (lactones) is 1. The van der Waals surface area contributed by atoms with E-state index in [1.807, 2.05) is 50.2 Å². The normalized spacial score (nSPS) is 17.5. The summed E-state index contributed by atoms with van der Waals surface area (Å²) in [5.41, 5.74) is 4.19. The molecule has 7 heteroatoms. The van der Waals surface area contributed by atoms with Gasteiger partial charge in [-0.05, 0) is 88.1 Å². The van der Waals surface area contributed by atoms with Crippen LogP contribution in [-0.2, 0) is 10.3 Å². The molecule has 0 fully saturated rings. The Bertz CT molecular complexity index is 1290. The molecule has 3 aromatic rings. The van der Waals surface area contributed by atoms with E-state index < -0.39 is 23.8 Å². The molecule has 226 valence electrons. The number of aliphatic hydroxyl groups excluding tert-OH is 2. The number of nitrogens with zero attached hydrogens (tertiary/aromatic N) is 3. The number of ether oxygens (including phenoxy) is 1. The first kappa shape index (κ1) is 31.5. The van der Waals surface area contributed by atoms with Crippen LogP contribution < -0.4 is 9.80 Å². The van der Waals surface area contributed by atoms with Crippen molar-refractivity contribution in [3.8, 4) is 0 Å². The molecule has 2 aromatic carbocycles. The van der Waals surface area contributed by atoms with Gasteiger partial charge in [0.1, 0.15) is 5.69 Å². The Labute approximate surface area is 251 Å². The van der Waals surface area contributed by atoms with Gasteiger partial charge in [0.2, 0.25) is 5.60 Å². The van der Waals surface area contributed by atoms with E-state index in [0.29, 0.717) is 46.4 Å².